The lowest BCUT2D eigenvalue weighted by molar-refractivity contribution is 0.0945. The molecule has 0 saturated heterocycles. The molecule has 0 atom stereocenters. The van der Waals surface area contributed by atoms with Crippen molar-refractivity contribution >= 4 is 5.91 Å². The van der Waals surface area contributed by atoms with Crippen molar-refractivity contribution in [3.8, 4) is 11.3 Å². The van der Waals surface area contributed by atoms with Crippen LogP contribution in [-0.2, 0) is 6.54 Å². The molecule has 6 heteroatoms. The fourth-order valence-corrected chi connectivity index (χ4v) is 2.23. The van der Waals surface area contributed by atoms with Crippen molar-refractivity contribution in [2.24, 2.45) is 0 Å². The Kier molecular flexibility index (Phi) is 4.47. The molecule has 2 N–H and O–H groups in total. The molecule has 0 aliphatic rings. The van der Waals surface area contributed by atoms with Gasteiger partial charge in [0.15, 0.2) is 0 Å². The number of aromatic amines is 1. The second-order valence-electron chi connectivity index (χ2n) is 5.39. The fraction of sp³-hybridized carbons (Fsp3) is 0.111. The largest absolute Gasteiger partial charge is 0.347 e. The molecule has 0 radical (unpaired) electrons. The van der Waals surface area contributed by atoms with E-state index in [-0.39, 0.29) is 11.6 Å². The minimum absolute atomic E-state index is 0.180. The number of carbonyl (C=O) groups excluding carboxylic acids is 1. The standard InChI is InChI=1S/C18H16N4O2/c1-12-2-4-14(5-3-12)15-10-16(22-18(24)21-15)17(23)20-11-13-6-8-19-9-7-13/h2-10H,11H2,1H3,(H,20,23)(H,21,22,24). The number of H-pyrrole nitrogens is 1. The zero-order valence-corrected chi connectivity index (χ0v) is 13.1. The molecule has 0 fully saturated rings. The third-order valence-electron chi connectivity index (χ3n) is 3.54. The molecule has 3 rings (SSSR count). The van der Waals surface area contributed by atoms with E-state index < -0.39 is 5.69 Å². The summed E-state index contributed by atoms with van der Waals surface area (Å²) in [5, 5.41) is 2.77. The van der Waals surface area contributed by atoms with Crippen molar-refractivity contribution in [2.45, 2.75) is 13.5 Å². The molecule has 0 aliphatic heterocycles. The number of hydrogen-bond acceptors (Lipinski definition) is 4. The molecule has 2 heterocycles. The number of benzene rings is 1. The van der Waals surface area contributed by atoms with Crippen molar-refractivity contribution in [1.82, 2.24) is 20.3 Å². The summed E-state index contributed by atoms with van der Waals surface area (Å²) in [5.74, 6) is -0.361. The molecule has 0 unspecified atom stereocenters. The van der Waals surface area contributed by atoms with Crippen LogP contribution in [0.5, 0.6) is 0 Å². The maximum absolute atomic E-state index is 12.3. The van der Waals surface area contributed by atoms with Gasteiger partial charge in [-0.2, -0.15) is 4.98 Å². The summed E-state index contributed by atoms with van der Waals surface area (Å²) in [4.78, 5) is 34.4. The number of pyridine rings is 1. The van der Waals surface area contributed by atoms with E-state index in [4.69, 9.17) is 0 Å². The number of carbonyl (C=O) groups is 1. The highest BCUT2D eigenvalue weighted by Gasteiger charge is 2.10. The van der Waals surface area contributed by atoms with Crippen molar-refractivity contribution in [1.29, 1.82) is 0 Å². The number of rotatable bonds is 4. The Hall–Kier alpha value is -3.28. The van der Waals surface area contributed by atoms with Gasteiger partial charge < -0.3 is 10.3 Å². The van der Waals surface area contributed by atoms with Crippen LogP contribution in [0.2, 0.25) is 0 Å². The van der Waals surface area contributed by atoms with Crippen molar-refractivity contribution < 1.29 is 4.79 Å². The first kappa shape index (κ1) is 15.6. The summed E-state index contributed by atoms with van der Waals surface area (Å²) in [7, 11) is 0. The first-order chi connectivity index (χ1) is 11.6. The monoisotopic (exact) mass is 320 g/mol. The van der Waals surface area contributed by atoms with E-state index in [1.165, 1.54) is 0 Å². The highest BCUT2D eigenvalue weighted by atomic mass is 16.2. The van der Waals surface area contributed by atoms with Gasteiger partial charge in [0, 0.05) is 24.5 Å². The number of nitrogens with zero attached hydrogens (tertiary/aromatic N) is 2. The van der Waals surface area contributed by atoms with Crippen LogP contribution >= 0.6 is 0 Å². The molecule has 120 valence electrons. The van der Waals surface area contributed by atoms with Gasteiger partial charge >= 0.3 is 5.69 Å². The molecule has 0 aliphatic carbocycles. The predicted molar refractivity (Wildman–Crippen MR) is 90.4 cm³/mol. The van der Waals surface area contributed by atoms with Crippen LogP contribution in [0.25, 0.3) is 11.3 Å². The molecule has 2 aromatic heterocycles. The van der Waals surface area contributed by atoms with E-state index >= 15 is 0 Å². The third-order valence-corrected chi connectivity index (χ3v) is 3.54. The molecule has 0 saturated carbocycles. The quantitative estimate of drug-likeness (QED) is 0.770. The van der Waals surface area contributed by atoms with Gasteiger partial charge in [-0.05, 0) is 30.7 Å². The molecule has 3 aromatic rings. The molecular weight excluding hydrogens is 304 g/mol. The van der Waals surface area contributed by atoms with Crippen LogP contribution in [-0.4, -0.2) is 20.9 Å². The first-order valence-corrected chi connectivity index (χ1v) is 7.47. The molecule has 6 nitrogen and oxygen atoms in total. The Bertz CT molecular complexity index is 902. The van der Waals surface area contributed by atoms with Crippen molar-refractivity contribution in [3.63, 3.8) is 0 Å². The Balaban J connectivity index is 1.81. The number of nitrogens with one attached hydrogen (secondary N) is 2. The van der Waals surface area contributed by atoms with Gasteiger partial charge in [0.25, 0.3) is 5.91 Å². The smallest absolute Gasteiger partial charge is 0.346 e. The Morgan fingerprint density at radius 1 is 1.12 bits per heavy atom. The summed E-state index contributed by atoms with van der Waals surface area (Å²) in [6.45, 7) is 2.33. The van der Waals surface area contributed by atoms with E-state index in [2.05, 4.69) is 20.3 Å². The minimum Gasteiger partial charge on any atom is -0.347 e. The number of aryl methyl sites for hydroxylation is 1. The summed E-state index contributed by atoms with van der Waals surface area (Å²) >= 11 is 0. The second-order valence-corrected chi connectivity index (χ2v) is 5.39. The molecular formula is C18H16N4O2. The second kappa shape index (κ2) is 6.87. The van der Waals surface area contributed by atoms with Gasteiger partial charge in [-0.15, -0.1) is 0 Å². The van der Waals surface area contributed by atoms with E-state index in [0.29, 0.717) is 12.2 Å². The van der Waals surface area contributed by atoms with Crippen LogP contribution in [0.3, 0.4) is 0 Å². The summed E-state index contributed by atoms with van der Waals surface area (Å²) in [6.07, 6.45) is 3.32. The zero-order valence-electron chi connectivity index (χ0n) is 13.1. The van der Waals surface area contributed by atoms with Crippen LogP contribution in [0.15, 0.2) is 59.7 Å². The van der Waals surface area contributed by atoms with E-state index in [1.54, 1.807) is 18.5 Å². The van der Waals surface area contributed by atoms with Crippen molar-refractivity contribution in [3.05, 3.63) is 82.2 Å². The van der Waals surface area contributed by atoms with Crippen LogP contribution in [0.1, 0.15) is 21.6 Å². The van der Waals surface area contributed by atoms with Gasteiger partial charge in [0.05, 0.1) is 5.69 Å². The molecule has 1 aromatic carbocycles. The highest BCUT2D eigenvalue weighted by molar-refractivity contribution is 5.93. The molecule has 24 heavy (non-hydrogen) atoms. The average Bonchev–Trinajstić information content (AvgIpc) is 2.60. The number of hydrogen-bond donors (Lipinski definition) is 2. The fourth-order valence-electron chi connectivity index (χ4n) is 2.23. The van der Waals surface area contributed by atoms with Gasteiger partial charge in [0.2, 0.25) is 0 Å². The van der Waals surface area contributed by atoms with Crippen LogP contribution < -0.4 is 11.0 Å². The minimum atomic E-state index is -0.554. The molecule has 0 spiro atoms. The highest BCUT2D eigenvalue weighted by Crippen LogP contribution is 2.16. The average molecular weight is 320 g/mol. The summed E-state index contributed by atoms with van der Waals surface area (Å²) < 4.78 is 0. The van der Waals surface area contributed by atoms with Crippen molar-refractivity contribution in [2.75, 3.05) is 0 Å². The molecule has 0 bridgehead atoms. The van der Waals surface area contributed by atoms with Crippen LogP contribution in [0.4, 0.5) is 0 Å². The third kappa shape index (κ3) is 3.73. The maximum Gasteiger partial charge on any atom is 0.346 e. The topological polar surface area (TPSA) is 87.7 Å². The Labute approximate surface area is 138 Å². The summed E-state index contributed by atoms with van der Waals surface area (Å²) in [6, 6.07) is 12.8. The van der Waals surface area contributed by atoms with Gasteiger partial charge in [-0.25, -0.2) is 4.79 Å². The lowest BCUT2D eigenvalue weighted by atomic mass is 10.1. The van der Waals surface area contributed by atoms with Gasteiger partial charge in [-0.1, -0.05) is 29.8 Å². The Morgan fingerprint density at radius 2 is 1.83 bits per heavy atom. The maximum atomic E-state index is 12.3. The SMILES string of the molecule is Cc1ccc(-c2cc(C(=O)NCc3ccncc3)[nH]c(=O)n2)cc1. The van der Waals surface area contributed by atoms with Gasteiger partial charge in [0.1, 0.15) is 5.69 Å². The lowest BCUT2D eigenvalue weighted by Gasteiger charge is -2.07. The van der Waals surface area contributed by atoms with E-state index in [9.17, 15) is 9.59 Å². The predicted octanol–water partition coefficient (Wildman–Crippen LogP) is 2.07. The van der Waals surface area contributed by atoms with Gasteiger partial charge in [-0.3, -0.25) is 9.78 Å². The summed E-state index contributed by atoms with van der Waals surface area (Å²) in [5.41, 5.74) is 2.91. The van der Waals surface area contributed by atoms with Crippen LogP contribution in [0, 0.1) is 6.92 Å². The van der Waals surface area contributed by atoms with E-state index in [0.717, 1.165) is 16.7 Å². The first-order valence-electron chi connectivity index (χ1n) is 7.47. The Morgan fingerprint density at radius 3 is 2.54 bits per heavy atom. The number of amides is 1. The normalized spacial score (nSPS) is 10.4. The molecule has 1 amide bonds. The van der Waals surface area contributed by atoms with E-state index in [1.807, 2.05) is 43.3 Å². The zero-order chi connectivity index (χ0) is 16.9. The lowest BCUT2D eigenvalue weighted by Crippen LogP contribution is -2.27. The number of aromatic nitrogens is 3.